The molecule has 2 amide bonds. The van der Waals surface area contributed by atoms with E-state index < -0.39 is 0 Å². The topological polar surface area (TPSA) is 62.3 Å². The summed E-state index contributed by atoms with van der Waals surface area (Å²) in [5, 5.41) is 6.01. The lowest BCUT2D eigenvalue weighted by Crippen LogP contribution is -2.42. The number of piperidine rings is 1. The summed E-state index contributed by atoms with van der Waals surface area (Å²) in [5.41, 5.74) is 1.67. The summed E-state index contributed by atoms with van der Waals surface area (Å²) < 4.78 is 0. The molecule has 0 spiro atoms. The highest BCUT2D eigenvalue weighted by molar-refractivity contribution is 7.09. The van der Waals surface area contributed by atoms with E-state index in [4.69, 9.17) is 0 Å². The van der Waals surface area contributed by atoms with Gasteiger partial charge in [-0.25, -0.2) is 4.98 Å². The van der Waals surface area contributed by atoms with Crippen LogP contribution in [-0.2, 0) is 16.0 Å². The largest absolute Gasteiger partial charge is 0.342 e. The molecule has 0 atom stereocenters. The Morgan fingerprint density at radius 2 is 1.92 bits per heavy atom. The van der Waals surface area contributed by atoms with Crippen LogP contribution in [0.15, 0.2) is 35.7 Å². The van der Waals surface area contributed by atoms with E-state index in [1.54, 1.807) is 11.3 Å². The van der Waals surface area contributed by atoms with Crippen LogP contribution in [0.4, 0.5) is 5.69 Å². The van der Waals surface area contributed by atoms with Gasteiger partial charge in [-0.3, -0.25) is 9.59 Å². The molecule has 138 valence electrons. The Hall–Kier alpha value is -2.21. The number of hydrogen-bond acceptors (Lipinski definition) is 4. The minimum atomic E-state index is -0.0360. The van der Waals surface area contributed by atoms with E-state index in [2.05, 4.69) is 24.1 Å². The van der Waals surface area contributed by atoms with Crippen LogP contribution in [0.25, 0.3) is 0 Å². The van der Waals surface area contributed by atoms with Crippen LogP contribution < -0.4 is 5.32 Å². The van der Waals surface area contributed by atoms with Crippen molar-refractivity contribution in [1.82, 2.24) is 9.88 Å². The maximum absolute atomic E-state index is 12.5. The zero-order valence-electron chi connectivity index (χ0n) is 15.3. The first kappa shape index (κ1) is 18.6. The van der Waals surface area contributed by atoms with E-state index in [-0.39, 0.29) is 17.7 Å². The van der Waals surface area contributed by atoms with Gasteiger partial charge < -0.3 is 10.2 Å². The van der Waals surface area contributed by atoms with Crippen molar-refractivity contribution in [1.29, 1.82) is 0 Å². The number of anilines is 1. The monoisotopic (exact) mass is 371 g/mol. The van der Waals surface area contributed by atoms with Crippen molar-refractivity contribution in [2.45, 2.75) is 39.0 Å². The van der Waals surface area contributed by atoms with Gasteiger partial charge in [-0.2, -0.15) is 0 Å². The molecule has 1 fully saturated rings. The van der Waals surface area contributed by atoms with Crippen molar-refractivity contribution in [3.05, 3.63) is 46.4 Å². The highest BCUT2D eigenvalue weighted by atomic mass is 32.1. The van der Waals surface area contributed by atoms with E-state index in [0.29, 0.717) is 38.3 Å². The average molecular weight is 372 g/mol. The number of rotatable bonds is 5. The summed E-state index contributed by atoms with van der Waals surface area (Å²) in [5.74, 6) is 0.505. The molecule has 1 aliphatic heterocycles. The molecule has 0 bridgehead atoms. The first-order valence-corrected chi connectivity index (χ1v) is 9.99. The lowest BCUT2D eigenvalue weighted by Gasteiger charge is -2.31. The van der Waals surface area contributed by atoms with Gasteiger partial charge in [0.05, 0.1) is 17.1 Å². The molecule has 1 saturated heterocycles. The second-order valence-electron chi connectivity index (χ2n) is 7.02. The first-order chi connectivity index (χ1) is 12.5. The molecule has 1 aromatic carbocycles. The van der Waals surface area contributed by atoms with Crippen LogP contribution >= 0.6 is 11.3 Å². The van der Waals surface area contributed by atoms with Gasteiger partial charge in [0.2, 0.25) is 11.8 Å². The average Bonchev–Trinajstić information content (AvgIpc) is 3.11. The molecule has 3 rings (SSSR count). The number of carbonyl (C=O) groups excluding carboxylic acids is 2. The molecule has 5 nitrogen and oxygen atoms in total. The zero-order valence-corrected chi connectivity index (χ0v) is 16.1. The van der Waals surface area contributed by atoms with Crippen LogP contribution in [0.5, 0.6) is 0 Å². The second-order valence-corrected chi connectivity index (χ2v) is 7.91. The summed E-state index contributed by atoms with van der Waals surface area (Å²) >= 11 is 1.62. The number of nitrogens with zero attached hydrogens (tertiary/aromatic N) is 2. The Kier molecular flexibility index (Phi) is 6.04. The molecule has 1 aromatic heterocycles. The summed E-state index contributed by atoms with van der Waals surface area (Å²) in [6.07, 6.45) is 1.77. The van der Waals surface area contributed by atoms with Crippen LogP contribution in [0.2, 0.25) is 0 Å². The molecule has 0 saturated carbocycles. The number of likely N-dealkylation sites (tertiary alicyclic amines) is 1. The highest BCUT2D eigenvalue weighted by Crippen LogP contribution is 2.22. The lowest BCUT2D eigenvalue weighted by molar-refractivity contribution is -0.133. The van der Waals surface area contributed by atoms with E-state index in [9.17, 15) is 9.59 Å². The van der Waals surface area contributed by atoms with E-state index >= 15 is 0 Å². The smallest absolute Gasteiger partial charge is 0.228 e. The quantitative estimate of drug-likeness (QED) is 0.872. The zero-order chi connectivity index (χ0) is 18.5. The molecule has 0 radical (unpaired) electrons. The van der Waals surface area contributed by atoms with Gasteiger partial charge in [0.15, 0.2) is 0 Å². The number of hydrogen-bond donors (Lipinski definition) is 1. The number of carbonyl (C=O) groups is 2. The van der Waals surface area contributed by atoms with Crippen molar-refractivity contribution < 1.29 is 9.59 Å². The summed E-state index contributed by atoms with van der Waals surface area (Å²) in [6.45, 7) is 5.48. The molecular formula is C20H25N3O2S. The minimum absolute atomic E-state index is 0.0360. The van der Waals surface area contributed by atoms with E-state index in [1.807, 2.05) is 40.6 Å². The van der Waals surface area contributed by atoms with Gasteiger partial charge in [-0.05, 0) is 25.0 Å². The second kappa shape index (κ2) is 8.45. The SMILES string of the molecule is CC(C)c1nc(CC(=O)N2CCC(C(=O)Nc3ccccc3)CC2)cs1. The van der Waals surface area contributed by atoms with Gasteiger partial charge in [-0.1, -0.05) is 32.0 Å². The Morgan fingerprint density at radius 3 is 2.54 bits per heavy atom. The number of aromatic nitrogens is 1. The fraction of sp³-hybridized carbons (Fsp3) is 0.450. The number of nitrogens with one attached hydrogen (secondary N) is 1. The number of para-hydroxylation sites is 1. The van der Waals surface area contributed by atoms with Gasteiger partial charge >= 0.3 is 0 Å². The predicted molar refractivity (Wildman–Crippen MR) is 104 cm³/mol. The van der Waals surface area contributed by atoms with Crippen molar-refractivity contribution in [2.24, 2.45) is 5.92 Å². The van der Waals surface area contributed by atoms with Crippen LogP contribution in [-0.4, -0.2) is 34.8 Å². The standard InChI is InChI=1S/C20H25N3O2S/c1-14(2)20-22-17(13-26-20)12-18(24)23-10-8-15(9-11-23)19(25)21-16-6-4-3-5-7-16/h3-7,13-15H,8-12H2,1-2H3,(H,21,25). The Balaban J connectivity index is 1.48. The Morgan fingerprint density at radius 1 is 1.23 bits per heavy atom. The molecule has 2 heterocycles. The number of benzene rings is 1. The van der Waals surface area contributed by atoms with E-state index in [1.165, 1.54) is 0 Å². The lowest BCUT2D eigenvalue weighted by atomic mass is 9.95. The maximum Gasteiger partial charge on any atom is 0.228 e. The third-order valence-corrected chi connectivity index (χ3v) is 5.85. The summed E-state index contributed by atoms with van der Waals surface area (Å²) in [4.78, 5) is 31.3. The van der Waals surface area contributed by atoms with Crippen molar-refractivity contribution in [3.8, 4) is 0 Å². The molecule has 1 N–H and O–H groups in total. The minimum Gasteiger partial charge on any atom is -0.342 e. The Bertz CT molecular complexity index is 749. The van der Waals surface area contributed by atoms with Crippen molar-refractivity contribution >= 4 is 28.8 Å². The normalized spacial score (nSPS) is 15.3. The Labute approximate surface area is 158 Å². The maximum atomic E-state index is 12.5. The highest BCUT2D eigenvalue weighted by Gasteiger charge is 2.27. The fourth-order valence-electron chi connectivity index (χ4n) is 3.09. The fourth-order valence-corrected chi connectivity index (χ4v) is 3.93. The van der Waals surface area contributed by atoms with Crippen molar-refractivity contribution in [2.75, 3.05) is 18.4 Å². The van der Waals surface area contributed by atoms with E-state index in [0.717, 1.165) is 16.4 Å². The van der Waals surface area contributed by atoms with Crippen LogP contribution in [0, 0.1) is 5.92 Å². The van der Waals surface area contributed by atoms with Gasteiger partial charge in [0.25, 0.3) is 0 Å². The van der Waals surface area contributed by atoms with Gasteiger partial charge in [0.1, 0.15) is 0 Å². The molecule has 6 heteroatoms. The van der Waals surface area contributed by atoms with Crippen molar-refractivity contribution in [3.63, 3.8) is 0 Å². The first-order valence-electron chi connectivity index (χ1n) is 9.11. The molecule has 0 aliphatic carbocycles. The molecule has 1 aliphatic rings. The molecule has 2 aromatic rings. The summed E-state index contributed by atoms with van der Waals surface area (Å²) in [6, 6.07) is 9.50. The van der Waals surface area contributed by atoms with Gasteiger partial charge in [-0.15, -0.1) is 11.3 Å². The molecule has 0 unspecified atom stereocenters. The van der Waals surface area contributed by atoms with Crippen LogP contribution in [0.1, 0.15) is 43.3 Å². The summed E-state index contributed by atoms with van der Waals surface area (Å²) in [7, 11) is 0. The predicted octanol–water partition coefficient (Wildman–Crippen LogP) is 3.69. The number of amides is 2. The molecular weight excluding hydrogens is 346 g/mol. The molecule has 26 heavy (non-hydrogen) atoms. The van der Waals surface area contributed by atoms with Gasteiger partial charge in [0, 0.05) is 36.0 Å². The number of thiazole rings is 1. The third kappa shape index (κ3) is 4.69. The van der Waals surface area contributed by atoms with Crippen LogP contribution in [0.3, 0.4) is 0 Å². The third-order valence-electron chi connectivity index (χ3n) is 4.66.